The van der Waals surface area contributed by atoms with Crippen molar-refractivity contribution >= 4 is 6.09 Å². The molecule has 0 saturated carbocycles. The van der Waals surface area contributed by atoms with Gasteiger partial charge in [0, 0.05) is 6.54 Å². The fraction of sp³-hybridized carbons (Fsp3) is 0.941. The minimum absolute atomic E-state index is 0.151. The van der Waals surface area contributed by atoms with Gasteiger partial charge in [-0.25, -0.2) is 44.3 Å². The molecular formula is C17H32F13NO3. The molecule has 0 aromatic heterocycles. The zero-order valence-corrected chi connectivity index (χ0v) is 18.5. The molecule has 0 aliphatic heterocycles. The number of alkyl halides is 13. The first-order valence-corrected chi connectivity index (χ1v) is 9.25. The van der Waals surface area contributed by atoms with Gasteiger partial charge in [0.1, 0.15) is 26.6 Å². The Morgan fingerprint density at radius 3 is 1.35 bits per heavy atom. The summed E-state index contributed by atoms with van der Waals surface area (Å²) in [5, 5.41) is 2.57. The second kappa shape index (κ2) is 48.7. The van der Waals surface area contributed by atoms with Crippen LogP contribution in [-0.4, -0.2) is 73.3 Å². The fourth-order valence-corrected chi connectivity index (χ4v) is 1.13. The summed E-state index contributed by atoms with van der Waals surface area (Å²) in [5.41, 5.74) is 0. The molecule has 0 fully saturated rings. The Morgan fingerprint density at radius 1 is 0.706 bits per heavy atom. The number of ether oxygens (including phenoxy) is 2. The highest BCUT2D eigenvalue weighted by Crippen LogP contribution is 2.13. The van der Waals surface area contributed by atoms with E-state index < -0.39 is 60.1 Å². The van der Waals surface area contributed by atoms with Crippen LogP contribution in [0.5, 0.6) is 0 Å². The first kappa shape index (κ1) is 45.8. The molecule has 0 bridgehead atoms. The van der Waals surface area contributed by atoms with E-state index in [0.717, 1.165) is 12.8 Å². The second-order valence-electron chi connectivity index (χ2n) is 4.60. The van der Waals surface area contributed by atoms with E-state index >= 15 is 0 Å². The largest absolute Gasteiger partial charge is 0.559 e. The molecule has 0 aromatic carbocycles. The van der Waals surface area contributed by atoms with Crippen molar-refractivity contribution in [1.82, 2.24) is 5.32 Å². The van der Waals surface area contributed by atoms with Crippen LogP contribution >= 0.6 is 0 Å². The van der Waals surface area contributed by atoms with E-state index in [1.807, 2.05) is 0 Å². The lowest BCUT2D eigenvalue weighted by Crippen LogP contribution is -2.25. The quantitative estimate of drug-likeness (QED) is 0.214. The summed E-state index contributed by atoms with van der Waals surface area (Å²) in [6.45, 7) is -5.25. The Hall–Kier alpha value is -1.68. The standard InChI is InChI=1S/C10H20FNO2.C2H4F2O.C2H4F2.CF4.2CH2F2/c1-2-3-4-5-6-8-12-10(13)14-9-7-11;3-1-5-2-4;3-1-2-4;2-1(3,4)5;2*2-1-3/h2-9H2,1H3,(H,12,13);1-2H2;1-2H2;;2*1H2. The molecule has 34 heavy (non-hydrogen) atoms. The normalized spacial score (nSPS) is 9.00. The van der Waals surface area contributed by atoms with Crippen molar-refractivity contribution in [3.63, 3.8) is 0 Å². The lowest BCUT2D eigenvalue weighted by Gasteiger charge is -2.04. The van der Waals surface area contributed by atoms with Gasteiger partial charge in [-0.1, -0.05) is 32.6 Å². The van der Waals surface area contributed by atoms with Crippen LogP contribution in [0.15, 0.2) is 0 Å². The molecular weight excluding hydrogens is 513 g/mol. The number of carbonyl (C=O) groups is 1. The fourth-order valence-electron chi connectivity index (χ4n) is 1.13. The van der Waals surface area contributed by atoms with Gasteiger partial charge >= 0.3 is 12.5 Å². The number of nitrogens with one attached hydrogen (secondary N) is 1. The molecule has 17 heteroatoms. The van der Waals surface area contributed by atoms with E-state index in [1.165, 1.54) is 19.3 Å². The molecule has 1 amide bonds. The number of halogens is 13. The summed E-state index contributed by atoms with van der Waals surface area (Å²) in [5.74, 6) is 0. The number of alkyl carbamates (subject to hydrolysis) is 1. The van der Waals surface area contributed by atoms with Gasteiger partial charge in [0.05, 0.1) is 0 Å². The SMILES string of the molecule is CCCCCCCNC(=O)OCCF.FC(F)(F)F.FCCF.FCF.FCF.FCOCF. The third-order valence-corrected chi connectivity index (χ3v) is 2.09. The summed E-state index contributed by atoms with van der Waals surface area (Å²) in [6.07, 6.45) is -0.268. The van der Waals surface area contributed by atoms with Gasteiger partial charge in [0.2, 0.25) is 13.9 Å². The van der Waals surface area contributed by atoms with Gasteiger partial charge in [0.25, 0.3) is 0 Å². The lowest BCUT2D eigenvalue weighted by molar-refractivity contribution is -0.237. The van der Waals surface area contributed by atoms with Gasteiger partial charge < -0.3 is 14.8 Å². The highest BCUT2D eigenvalue weighted by atomic mass is 19.5. The van der Waals surface area contributed by atoms with Crippen LogP contribution < -0.4 is 5.32 Å². The van der Waals surface area contributed by atoms with Crippen LogP contribution in [0.1, 0.15) is 39.0 Å². The maximum atomic E-state index is 11.6. The van der Waals surface area contributed by atoms with Crippen molar-refractivity contribution in [2.75, 3.05) is 60.8 Å². The molecule has 0 saturated heterocycles. The van der Waals surface area contributed by atoms with Gasteiger partial charge in [0.15, 0.2) is 13.7 Å². The van der Waals surface area contributed by atoms with E-state index in [9.17, 15) is 61.9 Å². The average molecular weight is 545 g/mol. The van der Waals surface area contributed by atoms with Gasteiger partial charge in [-0.3, -0.25) is 0 Å². The van der Waals surface area contributed by atoms with E-state index in [0.29, 0.717) is 6.54 Å². The smallest absolute Gasteiger partial charge is 0.447 e. The third-order valence-electron chi connectivity index (χ3n) is 2.09. The van der Waals surface area contributed by atoms with Crippen molar-refractivity contribution in [1.29, 1.82) is 0 Å². The molecule has 0 heterocycles. The Bertz CT molecular complexity index is 307. The maximum absolute atomic E-state index is 11.6. The molecule has 0 spiro atoms. The number of rotatable bonds is 11. The van der Waals surface area contributed by atoms with E-state index in [4.69, 9.17) is 0 Å². The number of hydrogen-bond acceptors (Lipinski definition) is 3. The third kappa shape index (κ3) is 147. The zero-order valence-electron chi connectivity index (χ0n) is 18.5. The van der Waals surface area contributed by atoms with E-state index in [1.54, 1.807) is 0 Å². The van der Waals surface area contributed by atoms with Crippen molar-refractivity contribution < 1.29 is 71.3 Å². The van der Waals surface area contributed by atoms with E-state index in [2.05, 4.69) is 21.7 Å². The summed E-state index contributed by atoms with van der Waals surface area (Å²) < 4.78 is 139. The predicted octanol–water partition coefficient (Wildman–Crippen LogP) is 7.68. The summed E-state index contributed by atoms with van der Waals surface area (Å²) >= 11 is 0. The van der Waals surface area contributed by atoms with Crippen LogP contribution in [0.2, 0.25) is 0 Å². The number of amides is 1. The first-order valence-electron chi connectivity index (χ1n) is 9.25. The van der Waals surface area contributed by atoms with Crippen LogP contribution in [0.4, 0.5) is 61.9 Å². The molecule has 4 nitrogen and oxygen atoms in total. The van der Waals surface area contributed by atoms with Crippen LogP contribution in [0, 0.1) is 0 Å². The second-order valence-corrected chi connectivity index (χ2v) is 4.60. The van der Waals surface area contributed by atoms with Crippen molar-refractivity contribution in [2.24, 2.45) is 0 Å². The summed E-state index contributed by atoms with van der Waals surface area (Å²) in [4.78, 5) is 10.8. The Labute approximate surface area is 190 Å². The lowest BCUT2D eigenvalue weighted by atomic mass is 10.1. The van der Waals surface area contributed by atoms with Crippen molar-refractivity contribution in [3.05, 3.63) is 0 Å². The molecule has 1 N–H and O–H groups in total. The monoisotopic (exact) mass is 545 g/mol. The molecule has 0 aliphatic rings. The van der Waals surface area contributed by atoms with Gasteiger partial charge in [-0.05, 0) is 6.42 Å². The number of carbonyl (C=O) groups excluding carboxylic acids is 1. The molecule has 0 radical (unpaired) electrons. The number of hydrogen-bond donors (Lipinski definition) is 1. The average Bonchev–Trinajstić information content (AvgIpc) is 2.76. The van der Waals surface area contributed by atoms with Gasteiger partial charge in [-0.15, -0.1) is 17.6 Å². The summed E-state index contributed by atoms with van der Waals surface area (Å²) in [7, 11) is 0. The van der Waals surface area contributed by atoms with Crippen molar-refractivity contribution in [3.8, 4) is 0 Å². The van der Waals surface area contributed by atoms with Crippen LogP contribution in [0.3, 0.4) is 0 Å². The summed E-state index contributed by atoms with van der Waals surface area (Å²) in [6, 6.07) is 0. The number of unbranched alkanes of at least 4 members (excludes halogenated alkanes) is 4. The Morgan fingerprint density at radius 2 is 1.09 bits per heavy atom. The van der Waals surface area contributed by atoms with E-state index in [-0.39, 0.29) is 6.61 Å². The predicted molar refractivity (Wildman–Crippen MR) is 100 cm³/mol. The molecule has 0 rings (SSSR count). The maximum Gasteiger partial charge on any atom is 0.559 e. The topological polar surface area (TPSA) is 47.6 Å². The highest BCUT2D eigenvalue weighted by molar-refractivity contribution is 5.66. The minimum atomic E-state index is -5.50. The molecule has 0 unspecified atom stereocenters. The van der Waals surface area contributed by atoms with Crippen LogP contribution in [-0.2, 0) is 9.47 Å². The molecule has 0 atom stereocenters. The molecule has 0 aliphatic carbocycles. The Kier molecular flexibility index (Phi) is 65.5. The first-order chi connectivity index (χ1) is 16.0. The minimum Gasteiger partial charge on any atom is -0.447 e. The Balaban J connectivity index is -0.0000000808. The van der Waals surface area contributed by atoms with Crippen LogP contribution in [0.25, 0.3) is 0 Å². The highest BCUT2D eigenvalue weighted by Gasteiger charge is 2.24. The molecule has 214 valence electrons. The zero-order chi connectivity index (χ0) is 28.1. The molecule has 0 aromatic rings. The van der Waals surface area contributed by atoms with Gasteiger partial charge in [-0.2, -0.15) is 0 Å². The van der Waals surface area contributed by atoms with Crippen molar-refractivity contribution in [2.45, 2.75) is 45.5 Å².